The molecule has 6 heteroatoms. The van der Waals surface area contributed by atoms with Gasteiger partial charge >= 0.3 is 17.9 Å². The first kappa shape index (κ1) is 65.1. The molecule has 1 atom stereocenters. The fraction of sp³-hybridized carbons (Fsp3) is 0.667. The van der Waals surface area contributed by atoms with Crippen molar-refractivity contribution in [2.24, 2.45) is 0 Å². The van der Waals surface area contributed by atoms with Gasteiger partial charge in [-0.15, -0.1) is 0 Å². The number of hydrogen-bond donors (Lipinski definition) is 0. The minimum Gasteiger partial charge on any atom is -0.462 e. The molecule has 392 valence electrons. The van der Waals surface area contributed by atoms with Crippen LogP contribution in [0.2, 0.25) is 0 Å². The van der Waals surface area contributed by atoms with Crippen molar-refractivity contribution in [3.63, 3.8) is 0 Å². The van der Waals surface area contributed by atoms with E-state index in [2.05, 4.69) is 112 Å². The molecule has 69 heavy (non-hydrogen) atoms. The second kappa shape index (κ2) is 56.7. The fourth-order valence-electron chi connectivity index (χ4n) is 7.64. The van der Waals surface area contributed by atoms with E-state index in [4.69, 9.17) is 14.2 Å². The van der Waals surface area contributed by atoms with Crippen LogP contribution in [0.25, 0.3) is 0 Å². The van der Waals surface area contributed by atoms with Gasteiger partial charge in [-0.3, -0.25) is 14.4 Å². The standard InChI is InChI=1S/C63H104O6/c1-4-7-10-13-16-19-22-25-28-30-32-35-38-41-44-47-50-53-56-62(65)68-59-60(58-67-61(64)55-52-49-46-43-40-37-34-27-24-21-18-15-12-9-6-3)69-63(66)57-54-51-48-45-42-39-36-33-31-29-26-23-20-17-14-11-8-5-2/h9,12,15-16,18-19,21-22,24-25,27-28,30,32-36,60H,4-8,10-11,13-14,17,20,23,26,29,31,37-59H2,1-3H3/b12-9-,18-15-,19-16-,24-21-,25-22-,30-28-,34-27-,35-32-,36-33-. The molecule has 0 aromatic carbocycles. The van der Waals surface area contributed by atoms with Crippen molar-refractivity contribution < 1.29 is 28.6 Å². The lowest BCUT2D eigenvalue weighted by molar-refractivity contribution is -0.167. The van der Waals surface area contributed by atoms with Gasteiger partial charge in [-0.05, 0) is 89.9 Å². The molecule has 0 saturated heterocycles. The Morgan fingerprint density at radius 3 is 0.957 bits per heavy atom. The van der Waals surface area contributed by atoms with Gasteiger partial charge in [-0.1, -0.05) is 252 Å². The van der Waals surface area contributed by atoms with Crippen LogP contribution in [-0.2, 0) is 28.6 Å². The Balaban J connectivity index is 4.49. The predicted octanol–water partition coefficient (Wildman–Crippen LogP) is 19.1. The Morgan fingerprint density at radius 2 is 0.580 bits per heavy atom. The van der Waals surface area contributed by atoms with E-state index >= 15 is 0 Å². The first-order valence-electron chi connectivity index (χ1n) is 28.5. The molecule has 0 aliphatic carbocycles. The quantitative estimate of drug-likeness (QED) is 0.0199. The second-order valence-corrected chi connectivity index (χ2v) is 18.6. The summed E-state index contributed by atoms with van der Waals surface area (Å²) in [6.45, 7) is 6.42. The van der Waals surface area contributed by atoms with E-state index in [0.717, 1.165) is 122 Å². The average Bonchev–Trinajstić information content (AvgIpc) is 3.35. The van der Waals surface area contributed by atoms with E-state index in [1.807, 2.05) is 18.2 Å². The van der Waals surface area contributed by atoms with Gasteiger partial charge in [0.25, 0.3) is 0 Å². The highest BCUT2D eigenvalue weighted by molar-refractivity contribution is 5.71. The maximum absolute atomic E-state index is 12.9. The van der Waals surface area contributed by atoms with Crippen molar-refractivity contribution in [3.8, 4) is 0 Å². The van der Waals surface area contributed by atoms with E-state index in [1.54, 1.807) is 0 Å². The summed E-state index contributed by atoms with van der Waals surface area (Å²) in [5.74, 6) is -0.955. The normalized spacial score (nSPS) is 12.9. The highest BCUT2D eigenvalue weighted by atomic mass is 16.6. The van der Waals surface area contributed by atoms with Crippen LogP contribution in [0.15, 0.2) is 109 Å². The summed E-state index contributed by atoms with van der Waals surface area (Å²) < 4.78 is 16.8. The number of allylic oxidation sites excluding steroid dienone is 18. The Labute approximate surface area is 425 Å². The topological polar surface area (TPSA) is 78.9 Å². The van der Waals surface area contributed by atoms with Crippen molar-refractivity contribution in [2.75, 3.05) is 13.2 Å². The third kappa shape index (κ3) is 54.9. The number of unbranched alkanes of at least 4 members (excludes halogenated alkanes) is 27. The molecule has 0 amide bonds. The lowest BCUT2D eigenvalue weighted by atomic mass is 10.1. The number of carbonyl (C=O) groups excluding carboxylic acids is 3. The number of hydrogen-bond acceptors (Lipinski definition) is 6. The molecule has 0 heterocycles. The summed E-state index contributed by atoms with van der Waals surface area (Å²) in [6, 6.07) is 0. The third-order valence-corrected chi connectivity index (χ3v) is 11.9. The molecule has 0 bridgehead atoms. The third-order valence-electron chi connectivity index (χ3n) is 11.9. The molecule has 0 aliphatic rings. The van der Waals surface area contributed by atoms with E-state index in [0.29, 0.717) is 19.3 Å². The molecular weight excluding hydrogens is 853 g/mol. The van der Waals surface area contributed by atoms with Crippen molar-refractivity contribution in [2.45, 2.75) is 258 Å². The largest absolute Gasteiger partial charge is 0.462 e. The highest BCUT2D eigenvalue weighted by Gasteiger charge is 2.19. The SMILES string of the molecule is CC\C=C/C=C\C=C/C=C\CCCCCCCC(=O)OCC(COC(=O)CCCCCCC\C=C/C=C\C=C/C=C\CCCCC)OC(=O)CCCCCCC/C=C\CCCCCCCCCCC. The smallest absolute Gasteiger partial charge is 0.306 e. The fourth-order valence-corrected chi connectivity index (χ4v) is 7.64. The molecule has 0 fully saturated rings. The number of esters is 3. The van der Waals surface area contributed by atoms with Crippen LogP contribution in [0.3, 0.4) is 0 Å². The van der Waals surface area contributed by atoms with Crippen molar-refractivity contribution in [1.82, 2.24) is 0 Å². The number of ether oxygens (including phenoxy) is 3. The van der Waals surface area contributed by atoms with Gasteiger partial charge < -0.3 is 14.2 Å². The van der Waals surface area contributed by atoms with Crippen LogP contribution in [0, 0.1) is 0 Å². The van der Waals surface area contributed by atoms with Crippen molar-refractivity contribution >= 4 is 17.9 Å². The van der Waals surface area contributed by atoms with Crippen LogP contribution < -0.4 is 0 Å². The maximum Gasteiger partial charge on any atom is 0.306 e. The van der Waals surface area contributed by atoms with Gasteiger partial charge in [0, 0.05) is 19.3 Å². The van der Waals surface area contributed by atoms with E-state index < -0.39 is 6.10 Å². The minimum atomic E-state index is -0.805. The first-order chi connectivity index (χ1) is 34.0. The zero-order valence-electron chi connectivity index (χ0n) is 44.8. The van der Waals surface area contributed by atoms with E-state index in [1.165, 1.54) is 89.9 Å². The average molecular weight is 958 g/mol. The van der Waals surface area contributed by atoms with Gasteiger partial charge in [0.05, 0.1) is 0 Å². The molecule has 0 aliphatic heterocycles. The Morgan fingerprint density at radius 1 is 0.304 bits per heavy atom. The Kier molecular flexibility index (Phi) is 53.4. The minimum absolute atomic E-state index is 0.103. The molecule has 0 spiro atoms. The molecule has 0 aromatic heterocycles. The highest BCUT2D eigenvalue weighted by Crippen LogP contribution is 2.14. The molecule has 6 nitrogen and oxygen atoms in total. The summed E-state index contributed by atoms with van der Waals surface area (Å²) >= 11 is 0. The molecular formula is C63H104O6. The lowest BCUT2D eigenvalue weighted by Gasteiger charge is -2.18. The van der Waals surface area contributed by atoms with Crippen LogP contribution in [0.1, 0.15) is 252 Å². The number of rotatable bonds is 50. The predicted molar refractivity (Wildman–Crippen MR) is 297 cm³/mol. The Hall–Kier alpha value is -3.93. The zero-order valence-corrected chi connectivity index (χ0v) is 44.8. The monoisotopic (exact) mass is 957 g/mol. The summed E-state index contributed by atoms with van der Waals surface area (Å²) in [4.78, 5) is 38.2. The summed E-state index contributed by atoms with van der Waals surface area (Å²) in [6.07, 6.45) is 76.4. The first-order valence-corrected chi connectivity index (χ1v) is 28.5. The molecule has 1 unspecified atom stereocenters. The van der Waals surface area contributed by atoms with Gasteiger partial charge in [0.2, 0.25) is 0 Å². The van der Waals surface area contributed by atoms with Crippen molar-refractivity contribution in [3.05, 3.63) is 109 Å². The van der Waals surface area contributed by atoms with Crippen LogP contribution in [0.5, 0.6) is 0 Å². The Bertz CT molecular complexity index is 1420. The van der Waals surface area contributed by atoms with Gasteiger partial charge in [-0.2, -0.15) is 0 Å². The van der Waals surface area contributed by atoms with E-state index in [-0.39, 0.29) is 31.1 Å². The molecule has 0 radical (unpaired) electrons. The van der Waals surface area contributed by atoms with Gasteiger partial charge in [-0.25, -0.2) is 0 Å². The van der Waals surface area contributed by atoms with E-state index in [9.17, 15) is 14.4 Å². The van der Waals surface area contributed by atoms with Crippen molar-refractivity contribution in [1.29, 1.82) is 0 Å². The van der Waals surface area contributed by atoms with Crippen LogP contribution in [-0.4, -0.2) is 37.2 Å². The molecule has 0 aromatic rings. The van der Waals surface area contributed by atoms with Gasteiger partial charge in [0.15, 0.2) is 6.10 Å². The molecule has 0 N–H and O–H groups in total. The van der Waals surface area contributed by atoms with Crippen LogP contribution in [0.4, 0.5) is 0 Å². The lowest BCUT2D eigenvalue weighted by Crippen LogP contribution is -2.30. The maximum atomic E-state index is 12.9. The van der Waals surface area contributed by atoms with Gasteiger partial charge in [0.1, 0.15) is 13.2 Å². The summed E-state index contributed by atoms with van der Waals surface area (Å²) in [5.41, 5.74) is 0. The summed E-state index contributed by atoms with van der Waals surface area (Å²) in [7, 11) is 0. The zero-order chi connectivity index (χ0) is 50.0. The molecule has 0 rings (SSSR count). The number of carbonyl (C=O) groups is 3. The van der Waals surface area contributed by atoms with Crippen LogP contribution >= 0.6 is 0 Å². The second-order valence-electron chi connectivity index (χ2n) is 18.6. The molecule has 0 saturated carbocycles. The summed E-state index contributed by atoms with van der Waals surface area (Å²) in [5, 5.41) is 0.